The monoisotopic (exact) mass is 413 g/mol. The number of hydrogen-bond acceptors (Lipinski definition) is 5. The number of hydrogen-bond donors (Lipinski definition) is 0. The van der Waals surface area contributed by atoms with Gasteiger partial charge in [0.05, 0.1) is 0 Å². The summed E-state index contributed by atoms with van der Waals surface area (Å²) >= 11 is 0. The predicted molar refractivity (Wildman–Crippen MR) is 105 cm³/mol. The maximum atomic E-state index is 13.2. The second kappa shape index (κ2) is 9.08. The molecule has 7 nitrogen and oxygen atoms in total. The quantitative estimate of drug-likeness (QED) is 0.237. The van der Waals surface area contributed by atoms with E-state index >= 15 is 0 Å². The number of nitrogens with zero attached hydrogens (tertiary/aromatic N) is 3. The van der Waals surface area contributed by atoms with Gasteiger partial charge in [0.15, 0.2) is 11.6 Å². The van der Waals surface area contributed by atoms with Crippen LogP contribution in [0.15, 0.2) is 54.7 Å². The number of imidazole rings is 1. The van der Waals surface area contributed by atoms with Crippen LogP contribution in [0, 0.1) is 28.7 Å². The van der Waals surface area contributed by atoms with Crippen LogP contribution >= 0.6 is 0 Å². The second-order valence-electron chi connectivity index (χ2n) is 6.35. The summed E-state index contributed by atoms with van der Waals surface area (Å²) in [4.78, 5) is 26.6. The zero-order valence-corrected chi connectivity index (χ0v) is 15.9. The van der Waals surface area contributed by atoms with Crippen molar-refractivity contribution in [1.29, 1.82) is 0 Å². The molecule has 3 aromatic rings. The van der Waals surface area contributed by atoms with Gasteiger partial charge in [0.2, 0.25) is 0 Å². The lowest BCUT2D eigenvalue weighted by molar-refractivity contribution is -0.392. The molecule has 0 amide bonds. The Balaban J connectivity index is 1.58. The van der Waals surface area contributed by atoms with Gasteiger partial charge in [-0.1, -0.05) is 6.08 Å². The van der Waals surface area contributed by atoms with Crippen LogP contribution in [0.4, 0.5) is 14.6 Å². The molecule has 30 heavy (non-hydrogen) atoms. The van der Waals surface area contributed by atoms with Crippen LogP contribution in [0.5, 0.6) is 5.75 Å². The number of rotatable bonds is 8. The van der Waals surface area contributed by atoms with Crippen molar-refractivity contribution >= 4 is 17.7 Å². The highest BCUT2D eigenvalue weighted by Crippen LogP contribution is 2.16. The molecule has 0 bridgehead atoms. The zero-order valence-electron chi connectivity index (χ0n) is 15.9. The van der Waals surface area contributed by atoms with Crippen molar-refractivity contribution in [3.8, 4) is 5.75 Å². The Morgan fingerprint density at radius 1 is 1.20 bits per heavy atom. The van der Waals surface area contributed by atoms with Gasteiger partial charge in [-0.25, -0.2) is 18.3 Å². The maximum Gasteiger partial charge on any atom is 0.342 e. The highest BCUT2D eigenvalue weighted by atomic mass is 19.1. The normalized spacial score (nSPS) is 11.0. The molecule has 0 fully saturated rings. The Labute approximate surface area is 170 Å². The van der Waals surface area contributed by atoms with Crippen LogP contribution < -0.4 is 4.74 Å². The number of aromatic nitrogens is 2. The van der Waals surface area contributed by atoms with Crippen LogP contribution in [-0.2, 0) is 6.54 Å². The van der Waals surface area contributed by atoms with Crippen molar-refractivity contribution in [2.24, 2.45) is 0 Å². The molecular formula is C21H17F2N3O4. The molecule has 1 heterocycles. The fourth-order valence-corrected chi connectivity index (χ4v) is 2.79. The van der Waals surface area contributed by atoms with E-state index in [1.54, 1.807) is 31.2 Å². The predicted octanol–water partition coefficient (Wildman–Crippen LogP) is 4.35. The van der Waals surface area contributed by atoms with E-state index in [1.165, 1.54) is 22.9 Å². The largest absolute Gasteiger partial charge is 0.489 e. The Kier molecular flexibility index (Phi) is 6.31. The molecule has 0 atom stereocenters. The minimum absolute atomic E-state index is 0.109. The SMILES string of the molecule is Cc1ncc([N+](=O)[O-])n1CCOc1ccc(C(=O)/C=C/c2cc(F)cc(F)c2)cc1. The van der Waals surface area contributed by atoms with Gasteiger partial charge in [-0.05, 0) is 53.0 Å². The molecular weight excluding hydrogens is 396 g/mol. The Bertz CT molecular complexity index is 1090. The lowest BCUT2D eigenvalue weighted by Gasteiger charge is -2.07. The third kappa shape index (κ3) is 5.13. The summed E-state index contributed by atoms with van der Waals surface area (Å²) in [6.45, 7) is 2.09. The molecule has 0 N–H and O–H groups in total. The van der Waals surface area contributed by atoms with Crippen LogP contribution in [0.3, 0.4) is 0 Å². The number of halogens is 2. The third-order valence-electron chi connectivity index (χ3n) is 4.26. The summed E-state index contributed by atoms with van der Waals surface area (Å²) in [6.07, 6.45) is 3.76. The van der Waals surface area contributed by atoms with E-state index < -0.39 is 16.6 Å². The van der Waals surface area contributed by atoms with E-state index in [1.807, 2.05) is 0 Å². The molecule has 0 aliphatic carbocycles. The van der Waals surface area contributed by atoms with Crippen molar-refractivity contribution in [1.82, 2.24) is 9.55 Å². The average molecular weight is 413 g/mol. The standard InChI is InChI=1S/C21H17F2N3O4/c1-14-24-13-21(26(28)29)25(14)8-9-30-19-5-3-16(4-6-19)20(27)7-2-15-10-17(22)12-18(23)11-15/h2-7,10-13H,8-9H2,1H3/b7-2+. The lowest BCUT2D eigenvalue weighted by atomic mass is 10.1. The van der Waals surface area contributed by atoms with Crippen molar-refractivity contribution in [3.63, 3.8) is 0 Å². The molecule has 2 aromatic carbocycles. The highest BCUT2D eigenvalue weighted by molar-refractivity contribution is 6.06. The molecule has 0 aliphatic rings. The average Bonchev–Trinajstić information content (AvgIpc) is 3.07. The summed E-state index contributed by atoms with van der Waals surface area (Å²) < 4.78 is 33.4. The lowest BCUT2D eigenvalue weighted by Crippen LogP contribution is -2.11. The van der Waals surface area contributed by atoms with Crippen molar-refractivity contribution in [2.75, 3.05) is 6.61 Å². The Morgan fingerprint density at radius 3 is 2.50 bits per heavy atom. The molecule has 3 rings (SSSR count). The minimum Gasteiger partial charge on any atom is -0.489 e. The number of ketones is 1. The number of ether oxygens (including phenoxy) is 1. The third-order valence-corrected chi connectivity index (χ3v) is 4.26. The summed E-state index contributed by atoms with van der Waals surface area (Å²) in [5, 5.41) is 11.0. The summed E-state index contributed by atoms with van der Waals surface area (Å²) in [5.41, 5.74) is 0.612. The van der Waals surface area contributed by atoms with Crippen LogP contribution in [0.1, 0.15) is 21.7 Å². The first-order chi connectivity index (χ1) is 14.3. The van der Waals surface area contributed by atoms with Gasteiger partial charge in [0, 0.05) is 18.6 Å². The molecule has 0 unspecified atom stereocenters. The van der Waals surface area contributed by atoms with Crippen molar-refractivity contribution in [2.45, 2.75) is 13.5 Å². The van der Waals surface area contributed by atoms with Crippen LogP contribution in [0.25, 0.3) is 6.08 Å². The van der Waals surface area contributed by atoms with Gasteiger partial charge >= 0.3 is 5.82 Å². The Hall–Kier alpha value is -3.88. The van der Waals surface area contributed by atoms with Gasteiger partial charge in [0.1, 0.15) is 36.7 Å². The van der Waals surface area contributed by atoms with Gasteiger partial charge in [-0.3, -0.25) is 4.79 Å². The number of carbonyl (C=O) groups excluding carboxylic acids is 1. The van der Waals surface area contributed by atoms with Gasteiger partial charge in [-0.15, -0.1) is 0 Å². The molecule has 1 aromatic heterocycles. The van der Waals surface area contributed by atoms with Crippen LogP contribution in [-0.4, -0.2) is 26.9 Å². The second-order valence-corrected chi connectivity index (χ2v) is 6.35. The summed E-state index contributed by atoms with van der Waals surface area (Å²) in [6, 6.07) is 9.30. The fourth-order valence-electron chi connectivity index (χ4n) is 2.79. The minimum atomic E-state index is -0.722. The van der Waals surface area contributed by atoms with E-state index in [9.17, 15) is 23.7 Å². The van der Waals surface area contributed by atoms with Crippen molar-refractivity contribution < 1.29 is 23.2 Å². The smallest absolute Gasteiger partial charge is 0.342 e. The van der Waals surface area contributed by atoms with Gasteiger partial charge in [0.25, 0.3) is 0 Å². The summed E-state index contributed by atoms with van der Waals surface area (Å²) in [7, 11) is 0. The summed E-state index contributed by atoms with van der Waals surface area (Å²) in [5.74, 6) is -0.892. The Morgan fingerprint density at radius 2 is 1.87 bits per heavy atom. The number of nitro groups is 1. The van der Waals surface area contributed by atoms with Gasteiger partial charge in [-0.2, -0.15) is 0 Å². The first-order valence-electron chi connectivity index (χ1n) is 8.91. The molecule has 0 aliphatic heterocycles. The van der Waals surface area contributed by atoms with E-state index in [0.29, 0.717) is 17.1 Å². The maximum absolute atomic E-state index is 13.2. The number of benzene rings is 2. The van der Waals surface area contributed by atoms with Crippen molar-refractivity contribution in [3.05, 3.63) is 93.4 Å². The van der Waals surface area contributed by atoms with E-state index in [2.05, 4.69) is 4.98 Å². The zero-order chi connectivity index (χ0) is 21.7. The number of allylic oxidation sites excluding steroid dienone is 1. The molecule has 0 saturated carbocycles. The van der Waals surface area contributed by atoms with Crippen LogP contribution in [0.2, 0.25) is 0 Å². The topological polar surface area (TPSA) is 87.3 Å². The first kappa shape index (κ1) is 20.8. The van der Waals surface area contributed by atoms with E-state index in [4.69, 9.17) is 4.74 Å². The van der Waals surface area contributed by atoms with E-state index in [0.717, 1.165) is 18.2 Å². The first-order valence-corrected chi connectivity index (χ1v) is 8.91. The molecule has 9 heteroatoms. The molecule has 0 saturated heterocycles. The molecule has 0 radical (unpaired) electrons. The fraction of sp³-hybridized carbons (Fsp3) is 0.143. The van der Waals surface area contributed by atoms with E-state index in [-0.39, 0.29) is 30.3 Å². The highest BCUT2D eigenvalue weighted by Gasteiger charge is 2.17. The van der Waals surface area contributed by atoms with Gasteiger partial charge < -0.3 is 14.9 Å². The number of aryl methyl sites for hydroxylation is 1. The molecule has 0 spiro atoms. The number of carbonyl (C=O) groups is 1. The molecule has 154 valence electrons.